The largest absolute Gasteiger partial charge is 0.302 e. The number of hydrogen-bond donors (Lipinski definition) is 0. The maximum absolute atomic E-state index is 12.7. The van der Waals surface area contributed by atoms with Crippen LogP contribution in [0.1, 0.15) is 20.3 Å². The van der Waals surface area contributed by atoms with Gasteiger partial charge in [0.25, 0.3) is 0 Å². The van der Waals surface area contributed by atoms with Gasteiger partial charge in [-0.25, -0.2) is 4.39 Å². The van der Waals surface area contributed by atoms with Crippen LogP contribution in [0.2, 0.25) is 0 Å². The number of hydrogen-bond acceptors (Lipinski definition) is 2. The molecule has 1 rings (SSSR count). The minimum Gasteiger partial charge on any atom is -0.302 e. The predicted octanol–water partition coefficient (Wildman–Crippen LogP) is 1.29. The molecule has 0 aromatic rings. The second kappa shape index (κ2) is 2.12. The molecule has 0 aromatic heterocycles. The van der Waals surface area contributed by atoms with Crippen LogP contribution >= 0.6 is 0 Å². The zero-order valence-corrected chi connectivity index (χ0v) is 6.26. The van der Waals surface area contributed by atoms with Crippen molar-refractivity contribution in [1.82, 2.24) is 4.90 Å². The molecule has 1 heterocycles. The number of likely N-dealkylation sites (tertiary alicyclic amines) is 1. The maximum Gasteiger partial charge on any atom is 0.179 e. The third-order valence-electron chi connectivity index (χ3n) is 1.95. The van der Waals surface area contributed by atoms with E-state index in [4.69, 9.17) is 5.26 Å². The van der Waals surface area contributed by atoms with Crippen LogP contribution in [0.25, 0.3) is 0 Å². The molecule has 56 valence electrons. The van der Waals surface area contributed by atoms with E-state index in [0.29, 0.717) is 6.42 Å². The second-order valence-corrected chi connectivity index (χ2v) is 3.32. The standard InChI is InChI=1S/C7H11FN2/c1-7(2)3-6(8)4-10(7)5-9/h6H,3-4H2,1-2H3. The van der Waals surface area contributed by atoms with Crippen LogP contribution in [-0.2, 0) is 0 Å². The monoisotopic (exact) mass is 142 g/mol. The molecular formula is C7H11FN2. The Kier molecular flexibility index (Phi) is 1.55. The van der Waals surface area contributed by atoms with E-state index in [0.717, 1.165) is 0 Å². The number of nitriles is 1. The SMILES string of the molecule is CC1(C)CC(F)CN1C#N. The Labute approximate surface area is 60.2 Å². The van der Waals surface area contributed by atoms with Gasteiger partial charge in [0.1, 0.15) is 6.17 Å². The number of alkyl halides is 1. The molecule has 1 unspecified atom stereocenters. The molecule has 1 saturated heterocycles. The van der Waals surface area contributed by atoms with Gasteiger partial charge in [0.05, 0.1) is 6.54 Å². The van der Waals surface area contributed by atoms with Crippen LogP contribution < -0.4 is 0 Å². The highest BCUT2D eigenvalue weighted by atomic mass is 19.1. The summed E-state index contributed by atoms with van der Waals surface area (Å²) in [6.07, 6.45) is 1.63. The summed E-state index contributed by atoms with van der Waals surface area (Å²) in [5.74, 6) is 0. The van der Waals surface area contributed by atoms with Crippen molar-refractivity contribution in [3.63, 3.8) is 0 Å². The summed E-state index contributed by atoms with van der Waals surface area (Å²) in [5, 5.41) is 8.53. The summed E-state index contributed by atoms with van der Waals surface area (Å²) >= 11 is 0. The first-order valence-corrected chi connectivity index (χ1v) is 3.38. The van der Waals surface area contributed by atoms with Crippen molar-refractivity contribution in [2.75, 3.05) is 6.54 Å². The third-order valence-corrected chi connectivity index (χ3v) is 1.95. The van der Waals surface area contributed by atoms with Crippen molar-refractivity contribution in [1.29, 1.82) is 5.26 Å². The smallest absolute Gasteiger partial charge is 0.179 e. The van der Waals surface area contributed by atoms with Crippen LogP contribution in [0.4, 0.5) is 4.39 Å². The molecule has 10 heavy (non-hydrogen) atoms. The lowest BCUT2D eigenvalue weighted by Gasteiger charge is -2.24. The van der Waals surface area contributed by atoms with Crippen LogP contribution in [0.5, 0.6) is 0 Å². The van der Waals surface area contributed by atoms with E-state index in [1.807, 2.05) is 20.0 Å². The van der Waals surface area contributed by atoms with Crippen molar-refractivity contribution in [3.05, 3.63) is 0 Å². The fourth-order valence-electron chi connectivity index (χ4n) is 1.34. The molecule has 0 aromatic carbocycles. The molecule has 2 nitrogen and oxygen atoms in total. The van der Waals surface area contributed by atoms with Crippen LogP contribution in [0.15, 0.2) is 0 Å². The molecule has 1 atom stereocenters. The lowest BCUT2D eigenvalue weighted by Crippen LogP contribution is -2.33. The summed E-state index contributed by atoms with van der Waals surface area (Å²) in [6.45, 7) is 4.04. The van der Waals surface area contributed by atoms with Gasteiger partial charge in [0, 0.05) is 12.0 Å². The summed E-state index contributed by atoms with van der Waals surface area (Å²) in [6, 6.07) is 0. The van der Waals surface area contributed by atoms with E-state index in [1.54, 1.807) is 0 Å². The van der Waals surface area contributed by atoms with Crippen molar-refractivity contribution in [2.24, 2.45) is 0 Å². The Balaban J connectivity index is 2.70. The first-order valence-electron chi connectivity index (χ1n) is 3.38. The summed E-state index contributed by atoms with van der Waals surface area (Å²) in [5.41, 5.74) is -0.270. The van der Waals surface area contributed by atoms with E-state index < -0.39 is 6.17 Å². The van der Waals surface area contributed by atoms with Crippen molar-refractivity contribution < 1.29 is 4.39 Å². The minimum absolute atomic E-state index is 0.267. The molecule has 3 heteroatoms. The van der Waals surface area contributed by atoms with Crippen molar-refractivity contribution in [3.8, 4) is 6.19 Å². The van der Waals surface area contributed by atoms with Gasteiger partial charge in [-0.15, -0.1) is 0 Å². The topological polar surface area (TPSA) is 27.0 Å². The average molecular weight is 142 g/mol. The first kappa shape index (κ1) is 7.33. The van der Waals surface area contributed by atoms with Gasteiger partial charge in [-0.05, 0) is 13.8 Å². The molecule has 0 radical (unpaired) electrons. The third kappa shape index (κ3) is 1.06. The molecule has 1 aliphatic heterocycles. The minimum atomic E-state index is -0.824. The lowest BCUT2D eigenvalue weighted by atomic mass is 10.0. The maximum atomic E-state index is 12.7. The zero-order chi connectivity index (χ0) is 7.78. The Morgan fingerprint density at radius 2 is 2.30 bits per heavy atom. The van der Waals surface area contributed by atoms with Crippen LogP contribution in [0, 0.1) is 11.5 Å². The van der Waals surface area contributed by atoms with E-state index in [2.05, 4.69) is 0 Å². The second-order valence-electron chi connectivity index (χ2n) is 3.32. The van der Waals surface area contributed by atoms with Gasteiger partial charge in [-0.2, -0.15) is 5.26 Å². The highest BCUT2D eigenvalue weighted by molar-refractivity contribution is 4.98. The summed E-state index contributed by atoms with van der Waals surface area (Å²) < 4.78 is 12.7. The summed E-state index contributed by atoms with van der Waals surface area (Å²) in [7, 11) is 0. The Bertz CT molecular complexity index is 171. The molecule has 0 bridgehead atoms. The Morgan fingerprint density at radius 1 is 1.70 bits per heavy atom. The number of rotatable bonds is 0. The van der Waals surface area contributed by atoms with Gasteiger partial charge in [-0.3, -0.25) is 0 Å². The molecule has 0 saturated carbocycles. The van der Waals surface area contributed by atoms with Gasteiger partial charge in [0.2, 0.25) is 0 Å². The van der Waals surface area contributed by atoms with Gasteiger partial charge >= 0.3 is 0 Å². The number of nitrogens with zero attached hydrogens (tertiary/aromatic N) is 2. The normalized spacial score (nSPS) is 30.2. The highest BCUT2D eigenvalue weighted by Crippen LogP contribution is 2.28. The average Bonchev–Trinajstić information content (AvgIpc) is 2.04. The quantitative estimate of drug-likeness (QED) is 0.476. The summed E-state index contributed by atoms with van der Waals surface area (Å²) in [4.78, 5) is 1.50. The predicted molar refractivity (Wildman–Crippen MR) is 35.9 cm³/mol. The lowest BCUT2D eigenvalue weighted by molar-refractivity contribution is 0.262. The van der Waals surface area contributed by atoms with E-state index >= 15 is 0 Å². The van der Waals surface area contributed by atoms with Crippen molar-refractivity contribution in [2.45, 2.75) is 32.0 Å². The van der Waals surface area contributed by atoms with Gasteiger partial charge in [0.15, 0.2) is 6.19 Å². The van der Waals surface area contributed by atoms with E-state index in [1.165, 1.54) is 4.90 Å². The van der Waals surface area contributed by atoms with Crippen molar-refractivity contribution >= 4 is 0 Å². The Morgan fingerprint density at radius 3 is 2.50 bits per heavy atom. The fourth-order valence-corrected chi connectivity index (χ4v) is 1.34. The van der Waals surface area contributed by atoms with Crippen LogP contribution in [0.3, 0.4) is 0 Å². The number of halogens is 1. The molecular weight excluding hydrogens is 131 g/mol. The fraction of sp³-hybridized carbons (Fsp3) is 0.857. The van der Waals surface area contributed by atoms with Crippen LogP contribution in [-0.4, -0.2) is 23.2 Å². The van der Waals surface area contributed by atoms with Gasteiger partial charge in [-0.1, -0.05) is 0 Å². The Hall–Kier alpha value is -0.780. The molecule has 1 fully saturated rings. The molecule has 0 aliphatic carbocycles. The van der Waals surface area contributed by atoms with E-state index in [9.17, 15) is 4.39 Å². The first-order chi connectivity index (χ1) is 4.56. The van der Waals surface area contributed by atoms with Gasteiger partial charge < -0.3 is 4.90 Å². The highest BCUT2D eigenvalue weighted by Gasteiger charge is 2.37. The van der Waals surface area contributed by atoms with E-state index in [-0.39, 0.29) is 12.1 Å². The molecule has 0 N–H and O–H groups in total. The molecule has 1 aliphatic rings. The zero-order valence-electron chi connectivity index (χ0n) is 6.26. The molecule has 0 spiro atoms. The molecule has 0 amide bonds.